The van der Waals surface area contributed by atoms with Gasteiger partial charge in [0.2, 0.25) is 0 Å². The average molecular weight is 443 g/mol. The Morgan fingerprint density at radius 3 is 2.69 bits per heavy atom. The molecule has 1 amide bonds. The van der Waals surface area contributed by atoms with E-state index in [1.165, 1.54) is 26.0 Å². The van der Waals surface area contributed by atoms with Crippen molar-refractivity contribution >= 4 is 11.6 Å². The number of fused-ring (bicyclic) bond motifs is 1. The smallest absolute Gasteiger partial charge is 0.387 e. The van der Waals surface area contributed by atoms with Crippen LogP contribution in [0.2, 0.25) is 0 Å². The number of imidazole rings is 1. The summed E-state index contributed by atoms with van der Waals surface area (Å²) in [6.45, 7) is -2.39. The highest BCUT2D eigenvalue weighted by Gasteiger charge is 2.29. The number of hydrogen-bond donors (Lipinski definition) is 1. The van der Waals surface area contributed by atoms with Crippen molar-refractivity contribution in [2.24, 2.45) is 5.92 Å². The van der Waals surface area contributed by atoms with E-state index in [1.807, 2.05) is 22.7 Å². The first-order chi connectivity index (χ1) is 15.5. The number of halogens is 2. The monoisotopic (exact) mass is 443 g/mol. The third kappa shape index (κ3) is 4.32. The van der Waals surface area contributed by atoms with Gasteiger partial charge in [0.15, 0.2) is 0 Å². The number of hydrogen-bond acceptors (Lipinski definition) is 5. The molecule has 1 N–H and O–H groups in total. The quantitative estimate of drug-likeness (QED) is 0.534. The number of alkyl halides is 2. The highest BCUT2D eigenvalue weighted by molar-refractivity contribution is 6.01. The SMILES string of the molecule is COc1cc(-c2cnc3cc(OCC4CC4)ccn23)cc(OC(F)F)c1C(=O)NC1CC1. The largest absolute Gasteiger partial charge is 0.496 e. The summed E-state index contributed by atoms with van der Waals surface area (Å²) in [5, 5.41) is 2.80. The van der Waals surface area contributed by atoms with Crippen LogP contribution in [-0.2, 0) is 0 Å². The van der Waals surface area contributed by atoms with Crippen molar-refractivity contribution in [2.75, 3.05) is 13.7 Å². The molecule has 0 radical (unpaired) electrons. The van der Waals surface area contributed by atoms with E-state index in [4.69, 9.17) is 14.2 Å². The molecule has 0 spiro atoms. The fourth-order valence-electron chi connectivity index (χ4n) is 3.56. The van der Waals surface area contributed by atoms with Crippen LogP contribution >= 0.6 is 0 Å². The summed E-state index contributed by atoms with van der Waals surface area (Å²) in [6.07, 6.45) is 7.58. The summed E-state index contributed by atoms with van der Waals surface area (Å²) >= 11 is 0. The highest BCUT2D eigenvalue weighted by atomic mass is 19.3. The van der Waals surface area contributed by atoms with Gasteiger partial charge in [-0.3, -0.25) is 9.20 Å². The molecule has 0 atom stereocenters. The molecule has 0 saturated heterocycles. The molecule has 2 aliphatic rings. The number of rotatable bonds is 9. The first kappa shape index (κ1) is 20.5. The second kappa shape index (κ2) is 8.29. The summed E-state index contributed by atoms with van der Waals surface area (Å²) in [5.74, 6) is 0.774. The van der Waals surface area contributed by atoms with Crippen LogP contribution < -0.4 is 19.5 Å². The van der Waals surface area contributed by atoms with Crippen LogP contribution in [0.25, 0.3) is 16.9 Å². The minimum atomic E-state index is -3.09. The number of benzene rings is 1. The van der Waals surface area contributed by atoms with Crippen molar-refractivity contribution in [3.63, 3.8) is 0 Å². The fraction of sp³-hybridized carbons (Fsp3) is 0.391. The number of nitrogens with one attached hydrogen (secondary N) is 1. The lowest BCUT2D eigenvalue weighted by Crippen LogP contribution is -2.26. The summed E-state index contributed by atoms with van der Waals surface area (Å²) in [4.78, 5) is 17.1. The molecule has 0 bridgehead atoms. The van der Waals surface area contributed by atoms with Gasteiger partial charge in [-0.1, -0.05) is 0 Å². The first-order valence-electron chi connectivity index (χ1n) is 10.6. The Morgan fingerprint density at radius 2 is 2.00 bits per heavy atom. The van der Waals surface area contributed by atoms with E-state index in [9.17, 15) is 13.6 Å². The van der Waals surface area contributed by atoms with Crippen molar-refractivity contribution in [1.29, 1.82) is 0 Å². The molecule has 2 aliphatic carbocycles. The molecule has 0 unspecified atom stereocenters. The van der Waals surface area contributed by atoms with Crippen LogP contribution in [-0.4, -0.2) is 41.7 Å². The van der Waals surface area contributed by atoms with E-state index in [-0.39, 0.29) is 23.1 Å². The molecule has 2 fully saturated rings. The van der Waals surface area contributed by atoms with Crippen molar-refractivity contribution in [3.05, 3.63) is 42.2 Å². The van der Waals surface area contributed by atoms with Gasteiger partial charge in [0, 0.05) is 23.9 Å². The predicted octanol–water partition coefficient (Wildman–Crippen LogP) is 4.29. The molecule has 2 heterocycles. The van der Waals surface area contributed by atoms with Crippen LogP contribution in [0.15, 0.2) is 36.7 Å². The van der Waals surface area contributed by atoms with E-state index >= 15 is 0 Å². The lowest BCUT2D eigenvalue weighted by Gasteiger charge is -2.16. The maximum atomic E-state index is 13.2. The molecule has 5 rings (SSSR count). The van der Waals surface area contributed by atoms with Crippen LogP contribution in [0, 0.1) is 5.92 Å². The topological polar surface area (TPSA) is 74.1 Å². The normalized spacial score (nSPS) is 15.8. The van der Waals surface area contributed by atoms with E-state index in [0.717, 1.165) is 18.6 Å². The Morgan fingerprint density at radius 1 is 1.22 bits per heavy atom. The summed E-state index contributed by atoms with van der Waals surface area (Å²) in [6, 6.07) is 6.77. The van der Waals surface area contributed by atoms with Gasteiger partial charge >= 0.3 is 6.61 Å². The van der Waals surface area contributed by atoms with Crippen LogP contribution in [0.4, 0.5) is 8.78 Å². The van der Waals surface area contributed by atoms with Gasteiger partial charge < -0.3 is 19.5 Å². The lowest BCUT2D eigenvalue weighted by atomic mass is 10.1. The number of pyridine rings is 1. The van der Waals surface area contributed by atoms with Gasteiger partial charge in [0.25, 0.3) is 5.91 Å². The first-order valence-corrected chi connectivity index (χ1v) is 10.6. The summed E-state index contributed by atoms with van der Waals surface area (Å²) in [7, 11) is 1.39. The number of ether oxygens (including phenoxy) is 3. The molecule has 32 heavy (non-hydrogen) atoms. The summed E-state index contributed by atoms with van der Waals surface area (Å²) in [5.41, 5.74) is 1.77. The van der Waals surface area contributed by atoms with Crippen molar-refractivity contribution in [3.8, 4) is 28.5 Å². The number of carbonyl (C=O) groups excluding carboxylic acids is 1. The van der Waals surface area contributed by atoms with Crippen molar-refractivity contribution in [1.82, 2.24) is 14.7 Å². The second-order valence-electron chi connectivity index (χ2n) is 8.17. The lowest BCUT2D eigenvalue weighted by molar-refractivity contribution is -0.0502. The van der Waals surface area contributed by atoms with Crippen LogP contribution in [0.3, 0.4) is 0 Å². The molecule has 2 saturated carbocycles. The molecule has 9 heteroatoms. The number of nitrogens with zero attached hydrogens (tertiary/aromatic N) is 2. The molecule has 168 valence electrons. The average Bonchev–Trinajstić information content (AvgIpc) is 3.70. The Kier molecular flexibility index (Phi) is 5.32. The molecule has 3 aromatic rings. The zero-order valence-corrected chi connectivity index (χ0v) is 17.5. The zero-order chi connectivity index (χ0) is 22.2. The Bertz CT molecular complexity index is 1160. The van der Waals surface area contributed by atoms with Crippen molar-refractivity contribution in [2.45, 2.75) is 38.3 Å². The van der Waals surface area contributed by atoms with Gasteiger partial charge in [0.05, 0.1) is 25.6 Å². The Balaban J connectivity index is 1.51. The van der Waals surface area contributed by atoms with Crippen LogP contribution in [0.1, 0.15) is 36.0 Å². The molecular weight excluding hydrogens is 420 g/mol. The summed E-state index contributed by atoms with van der Waals surface area (Å²) < 4.78 is 44.0. The third-order valence-electron chi connectivity index (χ3n) is 5.60. The van der Waals surface area contributed by atoms with Gasteiger partial charge in [0.1, 0.15) is 28.5 Å². The molecule has 1 aromatic carbocycles. The third-order valence-corrected chi connectivity index (χ3v) is 5.60. The Labute approximate surface area is 183 Å². The van der Waals surface area contributed by atoms with Gasteiger partial charge in [-0.2, -0.15) is 8.78 Å². The minimum absolute atomic E-state index is 0.0481. The van der Waals surface area contributed by atoms with E-state index in [1.54, 1.807) is 12.3 Å². The van der Waals surface area contributed by atoms with Gasteiger partial charge in [-0.15, -0.1) is 0 Å². The Hall–Kier alpha value is -3.36. The standard InChI is InChI=1S/C23H23F2N3O4/c1-30-18-8-14(9-19(32-23(24)25)21(18)22(29)27-15-4-5-15)17-11-26-20-10-16(6-7-28(17)20)31-12-13-2-3-13/h6-11,13,15,23H,2-5,12H2,1H3,(H,27,29). The zero-order valence-electron chi connectivity index (χ0n) is 17.5. The second-order valence-corrected chi connectivity index (χ2v) is 8.17. The highest BCUT2D eigenvalue weighted by Crippen LogP contribution is 2.37. The van der Waals surface area contributed by atoms with E-state index in [2.05, 4.69) is 10.3 Å². The molecule has 7 nitrogen and oxygen atoms in total. The number of methoxy groups -OCH3 is 1. The maximum Gasteiger partial charge on any atom is 0.387 e. The van der Waals surface area contributed by atoms with Gasteiger partial charge in [-0.05, 0) is 49.8 Å². The molecule has 2 aromatic heterocycles. The molecular formula is C23H23F2N3O4. The number of amides is 1. The fourth-order valence-corrected chi connectivity index (χ4v) is 3.56. The van der Waals surface area contributed by atoms with Crippen molar-refractivity contribution < 1.29 is 27.8 Å². The maximum absolute atomic E-state index is 13.2. The van der Waals surface area contributed by atoms with Crippen LogP contribution in [0.5, 0.6) is 17.2 Å². The number of aromatic nitrogens is 2. The predicted molar refractivity (Wildman–Crippen MR) is 113 cm³/mol. The van der Waals surface area contributed by atoms with Gasteiger partial charge in [-0.25, -0.2) is 4.98 Å². The van der Waals surface area contributed by atoms with E-state index in [0.29, 0.717) is 29.4 Å². The van der Waals surface area contributed by atoms with E-state index < -0.39 is 12.5 Å². The minimum Gasteiger partial charge on any atom is -0.496 e. The number of carbonyl (C=O) groups is 1. The molecule has 0 aliphatic heterocycles.